The number of para-hydroxylation sites is 2. The Morgan fingerprint density at radius 3 is 0.581 bits per heavy atom. The number of rotatable bonds is 12. The second-order valence-electron chi connectivity index (χ2n) is 15.9. The van der Waals surface area contributed by atoms with E-state index in [1.807, 2.05) is 0 Å². The van der Waals surface area contributed by atoms with Crippen molar-refractivity contribution in [1.82, 2.24) is 0 Å². The first-order chi connectivity index (χ1) is 30.4. The lowest BCUT2D eigenvalue weighted by Crippen LogP contribution is -2.14. The van der Waals surface area contributed by atoms with Crippen LogP contribution in [0, 0.1) is 27.7 Å². The molecule has 0 aromatic heterocycles. The van der Waals surface area contributed by atoms with Gasteiger partial charge in [0.1, 0.15) is 0 Å². The number of hydrogen-bond donors (Lipinski definition) is 0. The number of benzene rings is 9. The summed E-state index contributed by atoms with van der Waals surface area (Å²) in [5.41, 5.74) is 18.0. The molecule has 0 radical (unpaired) electrons. The summed E-state index contributed by atoms with van der Waals surface area (Å²) in [6.07, 6.45) is 0. The molecule has 9 aromatic carbocycles. The molecule has 4 heteroatoms. The van der Waals surface area contributed by atoms with Crippen LogP contribution in [0.5, 0.6) is 0 Å². The molecule has 0 unspecified atom stereocenters. The van der Waals surface area contributed by atoms with Crippen LogP contribution in [0.4, 0.5) is 68.2 Å². The molecule has 0 aliphatic carbocycles. The topological polar surface area (TPSA) is 13.0 Å². The zero-order valence-corrected chi connectivity index (χ0v) is 35.7. The minimum Gasteiger partial charge on any atom is -0.310 e. The average molecular weight is 803 g/mol. The lowest BCUT2D eigenvalue weighted by Gasteiger charge is -2.30. The first-order valence-electron chi connectivity index (χ1n) is 21.3. The van der Waals surface area contributed by atoms with E-state index < -0.39 is 0 Å². The standard InChI is InChI=1S/C58H50N4/c1-43-15-11-23-55(39-43)60(47-19-7-5-8-20-47)52-33-27-49(28-34-52)59(50-29-35-53(36-30-50)61(48-21-9-6-10-22-48)56-24-12-16-44(2)40-56)51-31-37-54(38-32-51)62(57-25-13-17-45(3)41-57)58-26-14-18-46(4)42-58/h5-42H,1-4H3. The van der Waals surface area contributed by atoms with Crippen molar-refractivity contribution in [2.24, 2.45) is 0 Å². The molecule has 0 atom stereocenters. The van der Waals surface area contributed by atoms with Crippen LogP contribution in [-0.2, 0) is 0 Å². The van der Waals surface area contributed by atoms with Crippen molar-refractivity contribution in [1.29, 1.82) is 0 Å². The highest BCUT2D eigenvalue weighted by Crippen LogP contribution is 2.43. The summed E-state index contributed by atoms with van der Waals surface area (Å²) in [6.45, 7) is 8.58. The molecule has 0 amide bonds. The third kappa shape index (κ3) is 8.58. The summed E-state index contributed by atoms with van der Waals surface area (Å²) < 4.78 is 0. The maximum Gasteiger partial charge on any atom is 0.0464 e. The Labute approximate surface area is 366 Å². The Morgan fingerprint density at radius 2 is 0.355 bits per heavy atom. The molecule has 0 saturated carbocycles. The molecule has 62 heavy (non-hydrogen) atoms. The van der Waals surface area contributed by atoms with E-state index in [2.05, 4.69) is 278 Å². The van der Waals surface area contributed by atoms with Crippen LogP contribution in [0.15, 0.2) is 231 Å². The molecule has 0 spiro atoms. The molecule has 0 aliphatic heterocycles. The minimum absolute atomic E-state index is 1.05. The van der Waals surface area contributed by atoms with E-state index in [-0.39, 0.29) is 0 Å². The van der Waals surface area contributed by atoms with Gasteiger partial charge in [-0.1, -0.05) is 84.9 Å². The summed E-state index contributed by atoms with van der Waals surface area (Å²) in [4.78, 5) is 9.32. The lowest BCUT2D eigenvalue weighted by atomic mass is 10.1. The summed E-state index contributed by atoms with van der Waals surface area (Å²) in [7, 11) is 0. The zero-order chi connectivity index (χ0) is 42.4. The van der Waals surface area contributed by atoms with Crippen LogP contribution in [0.1, 0.15) is 22.3 Å². The first kappa shape index (κ1) is 39.6. The van der Waals surface area contributed by atoms with Gasteiger partial charge < -0.3 is 19.6 Å². The van der Waals surface area contributed by atoms with Gasteiger partial charge in [0, 0.05) is 68.2 Å². The fourth-order valence-corrected chi connectivity index (χ4v) is 8.26. The van der Waals surface area contributed by atoms with Crippen LogP contribution < -0.4 is 19.6 Å². The number of aryl methyl sites for hydroxylation is 4. The van der Waals surface area contributed by atoms with E-state index in [4.69, 9.17) is 0 Å². The van der Waals surface area contributed by atoms with Gasteiger partial charge in [0.2, 0.25) is 0 Å². The van der Waals surface area contributed by atoms with Crippen LogP contribution in [0.25, 0.3) is 0 Å². The monoisotopic (exact) mass is 802 g/mol. The van der Waals surface area contributed by atoms with E-state index in [0.717, 1.165) is 68.2 Å². The summed E-state index contributed by atoms with van der Waals surface area (Å²) >= 11 is 0. The van der Waals surface area contributed by atoms with Crippen molar-refractivity contribution < 1.29 is 0 Å². The molecule has 0 aliphatic rings. The van der Waals surface area contributed by atoms with Crippen LogP contribution in [0.2, 0.25) is 0 Å². The van der Waals surface area contributed by atoms with Crippen molar-refractivity contribution >= 4 is 68.2 Å². The van der Waals surface area contributed by atoms with E-state index in [9.17, 15) is 0 Å². The number of anilines is 12. The van der Waals surface area contributed by atoms with Crippen LogP contribution in [-0.4, -0.2) is 0 Å². The Balaban J connectivity index is 1.14. The van der Waals surface area contributed by atoms with E-state index >= 15 is 0 Å². The van der Waals surface area contributed by atoms with E-state index in [0.29, 0.717) is 0 Å². The number of hydrogen-bond acceptors (Lipinski definition) is 4. The molecule has 9 aromatic rings. The SMILES string of the molecule is Cc1cccc(N(c2ccccc2)c2ccc(N(c3ccc(N(c4ccccc4)c4cccc(C)c4)cc3)c3ccc(N(c4cccc(C)c4)c4cccc(C)c4)cc3)cc2)c1. The third-order valence-corrected chi connectivity index (χ3v) is 11.2. The fourth-order valence-electron chi connectivity index (χ4n) is 8.26. The predicted octanol–water partition coefficient (Wildman–Crippen LogP) is 16.8. The molecule has 0 bridgehead atoms. The fraction of sp³-hybridized carbons (Fsp3) is 0.0690. The second kappa shape index (κ2) is 17.8. The van der Waals surface area contributed by atoms with Gasteiger partial charge in [0.05, 0.1) is 0 Å². The lowest BCUT2D eigenvalue weighted by molar-refractivity contribution is 1.23. The van der Waals surface area contributed by atoms with E-state index in [1.54, 1.807) is 0 Å². The van der Waals surface area contributed by atoms with Crippen molar-refractivity contribution in [3.63, 3.8) is 0 Å². The van der Waals surface area contributed by atoms with Gasteiger partial charge in [-0.05, 0) is 196 Å². The minimum atomic E-state index is 1.05. The molecular weight excluding hydrogens is 753 g/mol. The Bertz CT molecular complexity index is 2710. The predicted molar refractivity (Wildman–Crippen MR) is 264 cm³/mol. The molecular formula is C58H50N4. The van der Waals surface area contributed by atoms with Crippen molar-refractivity contribution in [3.05, 3.63) is 253 Å². The smallest absolute Gasteiger partial charge is 0.0464 e. The van der Waals surface area contributed by atoms with Crippen molar-refractivity contribution in [2.75, 3.05) is 19.6 Å². The molecule has 9 rings (SSSR count). The van der Waals surface area contributed by atoms with Gasteiger partial charge >= 0.3 is 0 Å². The van der Waals surface area contributed by atoms with Crippen molar-refractivity contribution in [2.45, 2.75) is 27.7 Å². The molecule has 0 fully saturated rings. The van der Waals surface area contributed by atoms with Gasteiger partial charge in [-0.25, -0.2) is 0 Å². The van der Waals surface area contributed by atoms with E-state index in [1.165, 1.54) is 22.3 Å². The Hall–Kier alpha value is -7.82. The van der Waals surface area contributed by atoms with Crippen LogP contribution in [0.3, 0.4) is 0 Å². The third-order valence-electron chi connectivity index (χ3n) is 11.2. The normalized spacial score (nSPS) is 10.9. The highest BCUT2D eigenvalue weighted by atomic mass is 15.2. The van der Waals surface area contributed by atoms with Gasteiger partial charge in [0.25, 0.3) is 0 Å². The zero-order valence-electron chi connectivity index (χ0n) is 35.7. The Kier molecular flexibility index (Phi) is 11.4. The first-order valence-corrected chi connectivity index (χ1v) is 21.3. The summed E-state index contributed by atoms with van der Waals surface area (Å²) in [5.74, 6) is 0. The van der Waals surface area contributed by atoms with Gasteiger partial charge in [-0.2, -0.15) is 0 Å². The Morgan fingerprint density at radius 1 is 0.177 bits per heavy atom. The van der Waals surface area contributed by atoms with Crippen molar-refractivity contribution in [3.8, 4) is 0 Å². The molecule has 302 valence electrons. The van der Waals surface area contributed by atoms with Gasteiger partial charge in [-0.15, -0.1) is 0 Å². The van der Waals surface area contributed by atoms with Gasteiger partial charge in [0.15, 0.2) is 0 Å². The maximum atomic E-state index is 2.35. The quantitative estimate of drug-likeness (QED) is 0.122. The molecule has 4 nitrogen and oxygen atoms in total. The summed E-state index contributed by atoms with van der Waals surface area (Å²) in [6, 6.07) is 82.8. The molecule has 0 N–H and O–H groups in total. The molecule has 0 saturated heterocycles. The van der Waals surface area contributed by atoms with Gasteiger partial charge in [-0.3, -0.25) is 0 Å². The largest absolute Gasteiger partial charge is 0.310 e. The number of nitrogens with zero attached hydrogens (tertiary/aromatic N) is 4. The maximum absolute atomic E-state index is 2.35. The summed E-state index contributed by atoms with van der Waals surface area (Å²) in [5, 5.41) is 0. The highest BCUT2D eigenvalue weighted by Gasteiger charge is 2.20. The highest BCUT2D eigenvalue weighted by molar-refractivity contribution is 5.85. The average Bonchev–Trinajstić information content (AvgIpc) is 3.29. The second-order valence-corrected chi connectivity index (χ2v) is 15.9. The van der Waals surface area contributed by atoms with Crippen LogP contribution >= 0.6 is 0 Å². The molecule has 0 heterocycles.